The van der Waals surface area contributed by atoms with E-state index >= 15 is 0 Å². The van der Waals surface area contributed by atoms with Crippen LogP contribution in [0, 0.1) is 0 Å². The van der Waals surface area contributed by atoms with Gasteiger partial charge in [0.25, 0.3) is 0 Å². The third kappa shape index (κ3) is 5.17. The molecule has 0 fully saturated rings. The molecule has 9 rings (SSSR count). The van der Waals surface area contributed by atoms with Crippen LogP contribution in [0.5, 0.6) is 0 Å². The first kappa shape index (κ1) is 30.4. The number of fused-ring (bicyclic) bond motifs is 4. The van der Waals surface area contributed by atoms with Gasteiger partial charge in [0.05, 0.1) is 0 Å². The second-order valence-corrected chi connectivity index (χ2v) is 14.4. The predicted octanol–water partition coefficient (Wildman–Crippen LogP) is 13.3. The van der Waals surface area contributed by atoms with Crippen molar-refractivity contribution < 1.29 is 0 Å². The molecule has 0 aliphatic heterocycles. The van der Waals surface area contributed by atoms with Crippen LogP contribution in [0.4, 0.5) is 17.1 Å². The number of nitrogens with zero attached hydrogens (tertiary/aromatic N) is 1. The Bertz CT molecular complexity index is 2310. The summed E-state index contributed by atoms with van der Waals surface area (Å²) in [6.07, 6.45) is 4.94. The van der Waals surface area contributed by atoms with Crippen LogP contribution in [0.15, 0.2) is 164 Å². The van der Waals surface area contributed by atoms with Gasteiger partial charge in [0.1, 0.15) is 0 Å². The Balaban J connectivity index is 1.16. The minimum atomic E-state index is -0.134. The molecule has 0 radical (unpaired) electrons. The van der Waals surface area contributed by atoms with E-state index in [1.165, 1.54) is 98.1 Å². The minimum Gasteiger partial charge on any atom is -0.310 e. The maximum Gasteiger partial charge on any atom is 0.0465 e. The fourth-order valence-electron chi connectivity index (χ4n) is 8.50. The lowest BCUT2D eigenvalue weighted by atomic mass is 9.81. The summed E-state index contributed by atoms with van der Waals surface area (Å²) in [4.78, 5) is 2.43. The molecule has 0 bridgehead atoms. The van der Waals surface area contributed by atoms with Crippen LogP contribution < -0.4 is 4.90 Å². The van der Waals surface area contributed by atoms with Gasteiger partial charge in [-0.15, -0.1) is 0 Å². The fourth-order valence-corrected chi connectivity index (χ4v) is 8.50. The van der Waals surface area contributed by atoms with Crippen molar-refractivity contribution in [3.05, 3.63) is 186 Å². The molecule has 7 aromatic carbocycles. The van der Waals surface area contributed by atoms with Crippen molar-refractivity contribution in [3.8, 4) is 44.5 Å². The van der Waals surface area contributed by atoms with Gasteiger partial charge in [-0.1, -0.05) is 141 Å². The Morgan fingerprint density at radius 3 is 1.70 bits per heavy atom. The average Bonchev–Trinajstić information content (AvgIpc) is 3.41. The lowest BCUT2D eigenvalue weighted by molar-refractivity contribution is 0.660. The molecule has 0 aromatic heterocycles. The lowest BCUT2D eigenvalue weighted by Gasteiger charge is -2.28. The zero-order chi connectivity index (χ0) is 33.7. The molecular formula is C49H41N. The van der Waals surface area contributed by atoms with Crippen LogP contribution in [0.3, 0.4) is 0 Å². The Kier molecular flexibility index (Phi) is 7.50. The molecule has 1 heteroatoms. The number of hydrogen-bond acceptors (Lipinski definition) is 1. The first-order valence-corrected chi connectivity index (χ1v) is 18.1. The van der Waals surface area contributed by atoms with Gasteiger partial charge in [-0.25, -0.2) is 0 Å². The van der Waals surface area contributed by atoms with E-state index in [2.05, 4.69) is 183 Å². The van der Waals surface area contributed by atoms with E-state index < -0.39 is 0 Å². The molecule has 2 aliphatic rings. The van der Waals surface area contributed by atoms with Crippen molar-refractivity contribution in [1.29, 1.82) is 0 Å². The van der Waals surface area contributed by atoms with Gasteiger partial charge < -0.3 is 4.90 Å². The third-order valence-corrected chi connectivity index (χ3v) is 11.1. The zero-order valence-electron chi connectivity index (χ0n) is 28.9. The van der Waals surface area contributed by atoms with E-state index in [4.69, 9.17) is 0 Å². The SMILES string of the molecule is CC1(C)c2cc(N(c3ccc(-c4ccccc4)cc3)c3ccc(-c4cccc5c4CCCC5)cc3)ccc2-c2c(-c3ccccc3)cccc21. The van der Waals surface area contributed by atoms with Crippen molar-refractivity contribution in [2.24, 2.45) is 0 Å². The highest BCUT2D eigenvalue weighted by Gasteiger charge is 2.37. The molecule has 0 spiro atoms. The Labute approximate surface area is 296 Å². The second-order valence-electron chi connectivity index (χ2n) is 14.4. The molecule has 0 saturated carbocycles. The number of benzene rings is 7. The van der Waals surface area contributed by atoms with E-state index in [0.717, 1.165) is 11.4 Å². The topological polar surface area (TPSA) is 3.24 Å². The summed E-state index contributed by atoms with van der Waals surface area (Å²) in [5.74, 6) is 0. The summed E-state index contributed by atoms with van der Waals surface area (Å²) in [5, 5.41) is 0. The maximum absolute atomic E-state index is 2.44. The van der Waals surface area contributed by atoms with Crippen molar-refractivity contribution in [2.75, 3.05) is 4.90 Å². The van der Waals surface area contributed by atoms with Crippen molar-refractivity contribution in [3.63, 3.8) is 0 Å². The van der Waals surface area contributed by atoms with Crippen LogP contribution >= 0.6 is 0 Å². The van der Waals surface area contributed by atoms with Gasteiger partial charge in [-0.05, 0) is 129 Å². The Morgan fingerprint density at radius 1 is 0.420 bits per heavy atom. The summed E-state index contributed by atoms with van der Waals surface area (Å²) in [5.41, 5.74) is 19.5. The average molecular weight is 644 g/mol. The summed E-state index contributed by atoms with van der Waals surface area (Å²) >= 11 is 0. The quantitative estimate of drug-likeness (QED) is 0.174. The smallest absolute Gasteiger partial charge is 0.0465 e. The van der Waals surface area contributed by atoms with Crippen LogP contribution in [0.25, 0.3) is 44.5 Å². The molecule has 0 unspecified atom stereocenters. The van der Waals surface area contributed by atoms with Crippen LogP contribution in [-0.4, -0.2) is 0 Å². The summed E-state index contributed by atoms with van der Waals surface area (Å²) in [6, 6.07) is 60.6. The van der Waals surface area contributed by atoms with Crippen LogP contribution in [0.1, 0.15) is 48.9 Å². The lowest BCUT2D eigenvalue weighted by Crippen LogP contribution is -2.16. The molecule has 2 aliphatic carbocycles. The van der Waals surface area contributed by atoms with Gasteiger partial charge in [-0.3, -0.25) is 0 Å². The minimum absolute atomic E-state index is 0.134. The molecule has 50 heavy (non-hydrogen) atoms. The number of anilines is 3. The Hall–Kier alpha value is -5.66. The number of aryl methyl sites for hydroxylation is 1. The number of rotatable bonds is 6. The van der Waals surface area contributed by atoms with E-state index in [1.807, 2.05) is 0 Å². The van der Waals surface area contributed by atoms with Gasteiger partial charge in [0.2, 0.25) is 0 Å². The van der Waals surface area contributed by atoms with Crippen molar-refractivity contribution in [1.82, 2.24) is 0 Å². The highest BCUT2D eigenvalue weighted by atomic mass is 15.1. The van der Waals surface area contributed by atoms with E-state index in [1.54, 1.807) is 0 Å². The van der Waals surface area contributed by atoms with Gasteiger partial charge in [-0.2, -0.15) is 0 Å². The van der Waals surface area contributed by atoms with E-state index in [-0.39, 0.29) is 5.41 Å². The van der Waals surface area contributed by atoms with Crippen LogP contribution in [0.2, 0.25) is 0 Å². The third-order valence-electron chi connectivity index (χ3n) is 11.1. The largest absolute Gasteiger partial charge is 0.310 e. The molecule has 0 N–H and O–H groups in total. The zero-order valence-corrected chi connectivity index (χ0v) is 28.9. The van der Waals surface area contributed by atoms with E-state index in [9.17, 15) is 0 Å². The summed E-state index contributed by atoms with van der Waals surface area (Å²) in [7, 11) is 0. The van der Waals surface area contributed by atoms with E-state index in [0.29, 0.717) is 0 Å². The summed E-state index contributed by atoms with van der Waals surface area (Å²) < 4.78 is 0. The molecule has 0 saturated heterocycles. The Morgan fingerprint density at radius 2 is 0.980 bits per heavy atom. The predicted molar refractivity (Wildman–Crippen MR) is 212 cm³/mol. The molecule has 0 amide bonds. The fraction of sp³-hybridized carbons (Fsp3) is 0.143. The molecule has 1 nitrogen and oxygen atoms in total. The maximum atomic E-state index is 2.44. The molecule has 0 heterocycles. The molecular weight excluding hydrogens is 603 g/mol. The highest BCUT2D eigenvalue weighted by molar-refractivity contribution is 5.94. The number of hydrogen-bond donors (Lipinski definition) is 0. The normalized spacial score (nSPS) is 14.0. The highest BCUT2D eigenvalue weighted by Crippen LogP contribution is 2.53. The van der Waals surface area contributed by atoms with Gasteiger partial charge >= 0.3 is 0 Å². The standard InChI is InChI=1S/C49H41N/c1-49(2)46-22-12-21-44(37-15-7-4-8-16-37)48(46)45-32-31-41(33-47(45)49)50(39-27-23-35(24-28-39)34-13-5-3-6-14-34)40-29-25-38(26-30-40)43-20-11-18-36-17-9-10-19-42(36)43/h3-8,11-16,18,20-33H,9-10,17,19H2,1-2H3. The molecule has 0 atom stereocenters. The molecule has 7 aromatic rings. The second kappa shape index (κ2) is 12.3. The monoisotopic (exact) mass is 643 g/mol. The van der Waals surface area contributed by atoms with Crippen molar-refractivity contribution >= 4 is 17.1 Å². The van der Waals surface area contributed by atoms with Gasteiger partial charge in [0.15, 0.2) is 0 Å². The molecule has 242 valence electrons. The first-order valence-electron chi connectivity index (χ1n) is 18.1. The van der Waals surface area contributed by atoms with Gasteiger partial charge in [0, 0.05) is 22.5 Å². The summed E-state index contributed by atoms with van der Waals surface area (Å²) in [6.45, 7) is 4.76. The van der Waals surface area contributed by atoms with Crippen LogP contribution in [-0.2, 0) is 18.3 Å². The van der Waals surface area contributed by atoms with Crippen molar-refractivity contribution in [2.45, 2.75) is 44.9 Å². The first-order chi connectivity index (χ1) is 24.6.